The van der Waals surface area contributed by atoms with Gasteiger partial charge in [-0.3, -0.25) is 14.9 Å². The lowest BCUT2D eigenvalue weighted by Crippen LogP contribution is -2.17. The van der Waals surface area contributed by atoms with Crippen LogP contribution in [0, 0.1) is 0 Å². The molecule has 2 heterocycles. The molecule has 17 heavy (non-hydrogen) atoms. The monoisotopic (exact) mass is 251 g/mol. The van der Waals surface area contributed by atoms with Gasteiger partial charge < -0.3 is 0 Å². The summed E-state index contributed by atoms with van der Waals surface area (Å²) >= 11 is 1.31. The second-order valence-corrected chi connectivity index (χ2v) is 4.18. The van der Waals surface area contributed by atoms with E-state index in [2.05, 4.69) is 25.7 Å². The number of nitrogens with zero attached hydrogens (tertiary/aromatic N) is 3. The number of hydrogen-bond acceptors (Lipinski definition) is 6. The van der Waals surface area contributed by atoms with Crippen LogP contribution in [0.4, 0.5) is 5.13 Å². The summed E-state index contributed by atoms with van der Waals surface area (Å²) in [5, 5.41) is 17.3. The van der Waals surface area contributed by atoms with Crippen molar-refractivity contribution in [2.45, 2.75) is 13.3 Å². The van der Waals surface area contributed by atoms with Crippen LogP contribution in [-0.2, 0) is 6.42 Å². The first-order chi connectivity index (χ1) is 8.19. The van der Waals surface area contributed by atoms with Gasteiger partial charge in [0.15, 0.2) is 0 Å². The van der Waals surface area contributed by atoms with E-state index < -0.39 is 5.91 Å². The molecule has 0 atom stereocenters. The third-order valence-corrected chi connectivity index (χ3v) is 2.88. The smallest absolute Gasteiger partial charge is 0.277 e. The van der Waals surface area contributed by atoms with E-state index in [0.717, 1.165) is 11.4 Å². The number of nitrogens with one attached hydrogen (secondary N) is 2. The predicted octanol–water partition coefficient (Wildman–Crippen LogP) is 0.436. The molecule has 1 amide bonds. The van der Waals surface area contributed by atoms with Crippen molar-refractivity contribution in [2.75, 3.05) is 5.32 Å². The second kappa shape index (κ2) is 4.83. The third-order valence-electron chi connectivity index (χ3n) is 1.90. The number of H-pyrrole nitrogens is 1. The molecule has 2 aromatic heterocycles. The number of aromatic nitrogens is 4. The minimum Gasteiger partial charge on any atom is -0.295 e. The van der Waals surface area contributed by atoms with Crippen molar-refractivity contribution in [2.24, 2.45) is 0 Å². The Bertz CT molecular complexity index is 571. The van der Waals surface area contributed by atoms with Crippen LogP contribution in [0.1, 0.15) is 22.4 Å². The SMILES string of the molecule is CCc1nnc(NC(=O)c2ccc(=O)[nH]n2)s1. The van der Waals surface area contributed by atoms with Crippen molar-refractivity contribution in [3.05, 3.63) is 33.2 Å². The molecule has 0 bridgehead atoms. The maximum absolute atomic E-state index is 11.7. The molecule has 0 aliphatic heterocycles. The molecule has 2 N–H and O–H groups in total. The molecule has 8 heteroatoms. The Kier molecular flexibility index (Phi) is 3.24. The summed E-state index contributed by atoms with van der Waals surface area (Å²) in [6, 6.07) is 2.58. The average molecular weight is 251 g/mol. The molecule has 0 saturated carbocycles. The largest absolute Gasteiger partial charge is 0.295 e. The topological polar surface area (TPSA) is 101 Å². The molecular weight excluding hydrogens is 242 g/mol. The van der Waals surface area contributed by atoms with Gasteiger partial charge in [-0.25, -0.2) is 5.10 Å². The minimum atomic E-state index is -0.431. The quantitative estimate of drug-likeness (QED) is 0.824. The molecule has 0 aliphatic rings. The Morgan fingerprint density at radius 2 is 2.29 bits per heavy atom. The molecular formula is C9H9N5O2S. The highest BCUT2D eigenvalue weighted by Crippen LogP contribution is 2.15. The molecule has 0 fully saturated rings. The van der Waals surface area contributed by atoms with Gasteiger partial charge in [0.1, 0.15) is 10.7 Å². The highest BCUT2D eigenvalue weighted by molar-refractivity contribution is 7.15. The molecule has 0 spiro atoms. The van der Waals surface area contributed by atoms with E-state index in [4.69, 9.17) is 0 Å². The Hall–Kier alpha value is -2.09. The summed E-state index contributed by atoms with van der Waals surface area (Å²) in [7, 11) is 0. The number of rotatable bonds is 3. The number of carbonyl (C=O) groups excluding carboxylic acids is 1. The average Bonchev–Trinajstić information content (AvgIpc) is 2.77. The molecule has 0 aliphatic carbocycles. The van der Waals surface area contributed by atoms with E-state index in [0.29, 0.717) is 5.13 Å². The van der Waals surface area contributed by atoms with E-state index in [1.165, 1.54) is 23.5 Å². The molecule has 2 rings (SSSR count). The highest BCUT2D eigenvalue weighted by atomic mass is 32.1. The van der Waals surface area contributed by atoms with Crippen molar-refractivity contribution in [3.8, 4) is 0 Å². The lowest BCUT2D eigenvalue weighted by Gasteiger charge is -1.98. The van der Waals surface area contributed by atoms with E-state index >= 15 is 0 Å². The standard InChI is InChI=1S/C9H9N5O2S/c1-2-7-13-14-9(17-7)10-8(16)5-3-4-6(15)12-11-5/h3-4H,2H2,1H3,(H,12,15)(H,10,14,16). The molecule has 0 unspecified atom stereocenters. The summed E-state index contributed by atoms with van der Waals surface area (Å²) in [6.45, 7) is 1.95. The highest BCUT2D eigenvalue weighted by Gasteiger charge is 2.10. The van der Waals surface area contributed by atoms with Gasteiger partial charge in [-0.15, -0.1) is 10.2 Å². The van der Waals surface area contributed by atoms with E-state index in [-0.39, 0.29) is 11.3 Å². The van der Waals surface area contributed by atoms with Crippen LogP contribution < -0.4 is 10.9 Å². The van der Waals surface area contributed by atoms with Crippen molar-refractivity contribution in [3.63, 3.8) is 0 Å². The van der Waals surface area contributed by atoms with E-state index in [9.17, 15) is 9.59 Å². The van der Waals surface area contributed by atoms with Gasteiger partial charge in [0.05, 0.1) is 0 Å². The van der Waals surface area contributed by atoms with Crippen molar-refractivity contribution < 1.29 is 4.79 Å². The fourth-order valence-electron chi connectivity index (χ4n) is 1.08. The maximum Gasteiger partial charge on any atom is 0.277 e. The first-order valence-corrected chi connectivity index (χ1v) is 5.70. The van der Waals surface area contributed by atoms with Gasteiger partial charge >= 0.3 is 0 Å². The van der Waals surface area contributed by atoms with Crippen LogP contribution in [0.5, 0.6) is 0 Å². The van der Waals surface area contributed by atoms with Gasteiger partial charge in [-0.2, -0.15) is 5.10 Å². The van der Waals surface area contributed by atoms with Gasteiger partial charge in [-0.1, -0.05) is 18.3 Å². The van der Waals surface area contributed by atoms with Crippen molar-refractivity contribution in [1.29, 1.82) is 0 Å². The summed E-state index contributed by atoms with van der Waals surface area (Å²) in [4.78, 5) is 22.4. The Balaban J connectivity index is 2.11. The van der Waals surface area contributed by atoms with Crippen LogP contribution >= 0.6 is 11.3 Å². The van der Waals surface area contributed by atoms with Gasteiger partial charge in [0.25, 0.3) is 11.5 Å². The van der Waals surface area contributed by atoms with Gasteiger partial charge in [-0.05, 0) is 12.5 Å². The van der Waals surface area contributed by atoms with E-state index in [1.54, 1.807) is 0 Å². The number of amides is 1. The van der Waals surface area contributed by atoms with Gasteiger partial charge in [0, 0.05) is 6.07 Å². The van der Waals surface area contributed by atoms with Crippen LogP contribution in [-0.4, -0.2) is 26.3 Å². The first kappa shape index (κ1) is 11.4. The zero-order valence-electron chi connectivity index (χ0n) is 8.93. The summed E-state index contributed by atoms with van der Waals surface area (Å²) in [5.74, 6) is -0.431. The normalized spacial score (nSPS) is 10.2. The number of anilines is 1. The fourth-order valence-corrected chi connectivity index (χ4v) is 1.75. The van der Waals surface area contributed by atoms with Crippen LogP contribution in [0.3, 0.4) is 0 Å². The number of carbonyl (C=O) groups is 1. The maximum atomic E-state index is 11.7. The molecule has 0 aromatic carbocycles. The van der Waals surface area contributed by atoms with Crippen LogP contribution in [0.25, 0.3) is 0 Å². The first-order valence-electron chi connectivity index (χ1n) is 4.88. The third kappa shape index (κ3) is 2.72. The molecule has 0 saturated heterocycles. The van der Waals surface area contributed by atoms with Crippen LogP contribution in [0.2, 0.25) is 0 Å². The number of hydrogen-bond donors (Lipinski definition) is 2. The lowest BCUT2D eigenvalue weighted by molar-refractivity contribution is 0.102. The number of aryl methyl sites for hydroxylation is 1. The van der Waals surface area contributed by atoms with Crippen molar-refractivity contribution in [1.82, 2.24) is 20.4 Å². The molecule has 2 aromatic rings. The minimum absolute atomic E-state index is 0.123. The summed E-state index contributed by atoms with van der Waals surface area (Å²) in [6.07, 6.45) is 0.768. The molecule has 0 radical (unpaired) electrons. The van der Waals surface area contributed by atoms with Crippen molar-refractivity contribution >= 4 is 22.4 Å². The Labute approximate surface area is 99.9 Å². The fraction of sp³-hybridized carbons (Fsp3) is 0.222. The molecule has 88 valence electrons. The van der Waals surface area contributed by atoms with Crippen LogP contribution in [0.15, 0.2) is 16.9 Å². The Morgan fingerprint density at radius 1 is 1.47 bits per heavy atom. The lowest BCUT2D eigenvalue weighted by atomic mass is 10.4. The zero-order valence-corrected chi connectivity index (χ0v) is 9.74. The summed E-state index contributed by atoms with van der Waals surface area (Å²) in [5.41, 5.74) is -0.233. The number of aromatic amines is 1. The second-order valence-electron chi connectivity index (χ2n) is 3.12. The zero-order chi connectivity index (χ0) is 12.3. The molecule has 7 nitrogen and oxygen atoms in total. The van der Waals surface area contributed by atoms with Gasteiger partial charge in [0.2, 0.25) is 5.13 Å². The van der Waals surface area contributed by atoms with E-state index in [1.807, 2.05) is 6.92 Å². The Morgan fingerprint density at radius 3 is 2.88 bits per heavy atom. The summed E-state index contributed by atoms with van der Waals surface area (Å²) < 4.78 is 0. The predicted molar refractivity (Wildman–Crippen MR) is 62.1 cm³/mol.